The predicted molar refractivity (Wildman–Crippen MR) is 91.3 cm³/mol. The summed E-state index contributed by atoms with van der Waals surface area (Å²) in [6, 6.07) is 6.69. The lowest BCUT2D eigenvalue weighted by Crippen LogP contribution is -2.41. The number of ether oxygens (including phenoxy) is 1. The number of rotatable bonds is 8. The molecule has 4 heteroatoms. The molecule has 0 aliphatic carbocycles. The van der Waals surface area contributed by atoms with Crippen LogP contribution in [0.3, 0.4) is 0 Å². The highest BCUT2D eigenvalue weighted by Crippen LogP contribution is 2.24. The van der Waals surface area contributed by atoms with E-state index >= 15 is 0 Å². The lowest BCUT2D eigenvalue weighted by atomic mass is 9.99. The largest absolute Gasteiger partial charge is 0.491 e. The number of anilines is 1. The Morgan fingerprint density at radius 2 is 2.23 bits per heavy atom. The predicted octanol–water partition coefficient (Wildman–Crippen LogP) is 2.84. The third kappa shape index (κ3) is 4.89. The van der Waals surface area contributed by atoms with Gasteiger partial charge >= 0.3 is 0 Å². The summed E-state index contributed by atoms with van der Waals surface area (Å²) in [6.07, 6.45) is 6.66. The van der Waals surface area contributed by atoms with Gasteiger partial charge in [0, 0.05) is 19.2 Å². The molecule has 1 aromatic rings. The van der Waals surface area contributed by atoms with Crippen LogP contribution in [-0.4, -0.2) is 42.4 Å². The van der Waals surface area contributed by atoms with Gasteiger partial charge in [0.05, 0.1) is 12.3 Å². The van der Waals surface area contributed by atoms with Gasteiger partial charge in [-0.1, -0.05) is 19.4 Å². The Labute approximate surface area is 134 Å². The zero-order valence-electron chi connectivity index (χ0n) is 13.8. The van der Waals surface area contributed by atoms with Crippen molar-refractivity contribution in [1.82, 2.24) is 4.90 Å². The smallest absolute Gasteiger partial charge is 0.142 e. The third-order valence-electron chi connectivity index (χ3n) is 4.43. The Morgan fingerprint density at radius 3 is 2.95 bits per heavy atom. The summed E-state index contributed by atoms with van der Waals surface area (Å²) in [5.74, 6) is 0.793. The van der Waals surface area contributed by atoms with Crippen LogP contribution in [0.2, 0.25) is 0 Å². The molecule has 0 saturated carbocycles. The van der Waals surface area contributed by atoms with Crippen LogP contribution in [0.1, 0.15) is 44.6 Å². The molecule has 0 aromatic heterocycles. The Balaban J connectivity index is 1.88. The van der Waals surface area contributed by atoms with Crippen molar-refractivity contribution >= 4 is 5.69 Å². The highest BCUT2D eigenvalue weighted by molar-refractivity contribution is 5.54. The van der Waals surface area contributed by atoms with Crippen molar-refractivity contribution in [2.24, 2.45) is 0 Å². The average Bonchev–Trinajstić information content (AvgIpc) is 2.53. The number of aliphatic hydroxyl groups is 1. The first-order valence-corrected chi connectivity index (χ1v) is 8.60. The first-order valence-electron chi connectivity index (χ1n) is 8.60. The van der Waals surface area contributed by atoms with Gasteiger partial charge in [-0.15, -0.1) is 0 Å². The van der Waals surface area contributed by atoms with E-state index in [2.05, 4.69) is 17.9 Å². The maximum absolute atomic E-state index is 9.20. The fraction of sp³-hybridized carbons (Fsp3) is 0.667. The SMILES string of the molecule is CCCOc1ccc(CCN2CCCCC2CCO)cc1N. The van der Waals surface area contributed by atoms with Crippen molar-refractivity contribution in [1.29, 1.82) is 0 Å². The molecule has 4 nitrogen and oxygen atoms in total. The van der Waals surface area contributed by atoms with E-state index in [4.69, 9.17) is 10.5 Å². The van der Waals surface area contributed by atoms with Crippen LogP contribution in [0.4, 0.5) is 5.69 Å². The summed E-state index contributed by atoms with van der Waals surface area (Å²) in [4.78, 5) is 2.53. The topological polar surface area (TPSA) is 58.7 Å². The molecule has 1 aromatic carbocycles. The van der Waals surface area contributed by atoms with E-state index in [1.165, 1.54) is 24.8 Å². The molecular formula is C18H30N2O2. The van der Waals surface area contributed by atoms with Crippen molar-refractivity contribution in [2.45, 2.75) is 51.5 Å². The second kappa shape index (κ2) is 9.01. The molecule has 1 fully saturated rings. The van der Waals surface area contributed by atoms with E-state index in [1.807, 2.05) is 12.1 Å². The number of nitrogen functional groups attached to an aromatic ring is 1. The zero-order valence-corrected chi connectivity index (χ0v) is 13.8. The first kappa shape index (κ1) is 17.1. The molecule has 0 spiro atoms. The lowest BCUT2D eigenvalue weighted by Gasteiger charge is -2.35. The van der Waals surface area contributed by atoms with Gasteiger partial charge in [-0.05, 0) is 56.3 Å². The zero-order chi connectivity index (χ0) is 15.8. The second-order valence-electron chi connectivity index (χ2n) is 6.17. The summed E-state index contributed by atoms with van der Waals surface area (Å²) >= 11 is 0. The monoisotopic (exact) mass is 306 g/mol. The summed E-state index contributed by atoms with van der Waals surface area (Å²) < 4.78 is 5.62. The number of benzene rings is 1. The van der Waals surface area contributed by atoms with E-state index in [1.54, 1.807) is 0 Å². The summed E-state index contributed by atoms with van der Waals surface area (Å²) in [5.41, 5.74) is 8.07. The van der Waals surface area contributed by atoms with E-state index < -0.39 is 0 Å². The molecule has 22 heavy (non-hydrogen) atoms. The summed E-state index contributed by atoms with van der Waals surface area (Å²) in [5, 5.41) is 9.20. The molecule has 1 aliphatic heterocycles. The summed E-state index contributed by atoms with van der Waals surface area (Å²) in [7, 11) is 0. The molecule has 1 atom stereocenters. The molecule has 0 radical (unpaired) electrons. The average molecular weight is 306 g/mol. The van der Waals surface area contributed by atoms with E-state index in [0.29, 0.717) is 12.6 Å². The van der Waals surface area contributed by atoms with Crippen molar-refractivity contribution in [3.63, 3.8) is 0 Å². The molecule has 1 saturated heterocycles. The first-order chi connectivity index (χ1) is 10.7. The van der Waals surface area contributed by atoms with Crippen LogP contribution in [0.5, 0.6) is 5.75 Å². The van der Waals surface area contributed by atoms with Crippen molar-refractivity contribution in [3.05, 3.63) is 23.8 Å². The minimum atomic E-state index is 0.289. The van der Waals surface area contributed by atoms with Gasteiger partial charge in [0.1, 0.15) is 5.75 Å². The maximum atomic E-state index is 9.20. The van der Waals surface area contributed by atoms with Crippen molar-refractivity contribution in [2.75, 3.05) is 32.0 Å². The number of nitrogens with two attached hydrogens (primary N) is 1. The van der Waals surface area contributed by atoms with Crippen LogP contribution in [0, 0.1) is 0 Å². The normalized spacial score (nSPS) is 19.3. The van der Waals surface area contributed by atoms with E-state index in [0.717, 1.165) is 43.8 Å². The number of nitrogens with zero attached hydrogens (tertiary/aromatic N) is 1. The van der Waals surface area contributed by atoms with Crippen LogP contribution in [0.25, 0.3) is 0 Å². The number of hydrogen-bond donors (Lipinski definition) is 2. The Kier molecular flexibility index (Phi) is 7.00. The molecule has 124 valence electrons. The number of hydrogen-bond acceptors (Lipinski definition) is 4. The lowest BCUT2D eigenvalue weighted by molar-refractivity contribution is 0.120. The Morgan fingerprint density at radius 1 is 1.36 bits per heavy atom. The van der Waals surface area contributed by atoms with Gasteiger partial charge in [0.15, 0.2) is 0 Å². The van der Waals surface area contributed by atoms with Crippen LogP contribution < -0.4 is 10.5 Å². The van der Waals surface area contributed by atoms with Crippen molar-refractivity contribution < 1.29 is 9.84 Å². The molecule has 1 heterocycles. The maximum Gasteiger partial charge on any atom is 0.142 e. The standard InChI is InChI=1S/C18H30N2O2/c1-2-13-22-18-7-6-15(14-17(18)19)8-11-20-10-4-3-5-16(20)9-12-21/h6-7,14,16,21H,2-5,8-13,19H2,1H3. The number of likely N-dealkylation sites (tertiary alicyclic amines) is 1. The van der Waals surface area contributed by atoms with Crippen molar-refractivity contribution in [3.8, 4) is 5.75 Å². The molecule has 3 N–H and O–H groups in total. The Hall–Kier alpha value is -1.26. The molecule has 0 bridgehead atoms. The van der Waals surface area contributed by atoms with Crippen LogP contribution >= 0.6 is 0 Å². The van der Waals surface area contributed by atoms with Crippen LogP contribution in [-0.2, 0) is 6.42 Å². The minimum absolute atomic E-state index is 0.289. The van der Waals surface area contributed by atoms with Gasteiger partial charge in [-0.3, -0.25) is 4.90 Å². The number of piperidine rings is 1. The highest BCUT2D eigenvalue weighted by atomic mass is 16.5. The second-order valence-corrected chi connectivity index (χ2v) is 6.17. The molecule has 1 unspecified atom stereocenters. The summed E-state index contributed by atoms with van der Waals surface area (Å²) in [6.45, 7) is 5.28. The molecule has 2 rings (SSSR count). The van der Waals surface area contributed by atoms with Gasteiger partial charge in [0.2, 0.25) is 0 Å². The third-order valence-corrected chi connectivity index (χ3v) is 4.43. The van der Waals surface area contributed by atoms with E-state index in [-0.39, 0.29) is 6.61 Å². The molecular weight excluding hydrogens is 276 g/mol. The number of aliphatic hydroxyl groups excluding tert-OH is 1. The van der Waals surface area contributed by atoms with Gasteiger partial charge in [-0.2, -0.15) is 0 Å². The fourth-order valence-corrected chi connectivity index (χ4v) is 3.20. The van der Waals surface area contributed by atoms with Gasteiger partial charge in [-0.25, -0.2) is 0 Å². The fourth-order valence-electron chi connectivity index (χ4n) is 3.20. The molecule has 1 aliphatic rings. The van der Waals surface area contributed by atoms with E-state index in [9.17, 15) is 5.11 Å². The minimum Gasteiger partial charge on any atom is -0.491 e. The van der Waals surface area contributed by atoms with Gasteiger partial charge < -0.3 is 15.6 Å². The molecule has 0 amide bonds. The quantitative estimate of drug-likeness (QED) is 0.725. The van der Waals surface area contributed by atoms with Crippen LogP contribution in [0.15, 0.2) is 18.2 Å². The Bertz CT molecular complexity index is 449. The highest BCUT2D eigenvalue weighted by Gasteiger charge is 2.21. The van der Waals surface area contributed by atoms with Gasteiger partial charge in [0.25, 0.3) is 0 Å².